The van der Waals surface area contributed by atoms with Crippen LogP contribution in [-0.4, -0.2) is 45.1 Å². The molecular formula is C11H14BrFN2O3S. The number of rotatable bonds is 3. The summed E-state index contributed by atoms with van der Waals surface area (Å²) in [5.41, 5.74) is 5.48. The fourth-order valence-corrected chi connectivity index (χ4v) is 3.55. The van der Waals surface area contributed by atoms with Crippen LogP contribution in [0.3, 0.4) is 0 Å². The van der Waals surface area contributed by atoms with E-state index in [1.807, 2.05) is 0 Å². The molecule has 0 bridgehead atoms. The van der Waals surface area contributed by atoms with Crippen molar-refractivity contribution in [1.29, 1.82) is 0 Å². The van der Waals surface area contributed by atoms with E-state index in [9.17, 15) is 12.8 Å². The number of sulfonamides is 1. The molecule has 8 heteroatoms. The smallest absolute Gasteiger partial charge is 0.243 e. The maximum absolute atomic E-state index is 13.4. The number of ether oxygens (including phenoxy) is 1. The van der Waals surface area contributed by atoms with E-state index >= 15 is 0 Å². The number of nitrogens with two attached hydrogens (primary N) is 1. The summed E-state index contributed by atoms with van der Waals surface area (Å²) in [7, 11) is -3.71. The van der Waals surface area contributed by atoms with Gasteiger partial charge < -0.3 is 10.5 Å². The third-order valence-electron chi connectivity index (χ3n) is 2.89. The average molecular weight is 353 g/mol. The molecule has 0 spiro atoms. The topological polar surface area (TPSA) is 72.6 Å². The molecule has 2 rings (SSSR count). The lowest BCUT2D eigenvalue weighted by Crippen LogP contribution is -2.48. The molecule has 5 nitrogen and oxygen atoms in total. The van der Waals surface area contributed by atoms with Gasteiger partial charge in [-0.1, -0.05) is 0 Å². The first-order valence-electron chi connectivity index (χ1n) is 5.72. The molecule has 1 unspecified atom stereocenters. The van der Waals surface area contributed by atoms with E-state index in [1.54, 1.807) is 0 Å². The van der Waals surface area contributed by atoms with Gasteiger partial charge in [0.1, 0.15) is 5.82 Å². The second-order valence-electron chi connectivity index (χ2n) is 4.17. The highest BCUT2D eigenvalue weighted by Crippen LogP contribution is 2.23. The van der Waals surface area contributed by atoms with Gasteiger partial charge in [0.2, 0.25) is 10.0 Å². The minimum absolute atomic E-state index is 0.0640. The summed E-state index contributed by atoms with van der Waals surface area (Å²) in [5.74, 6) is -0.607. The van der Waals surface area contributed by atoms with E-state index in [-0.39, 0.29) is 35.1 Å². The predicted octanol–water partition coefficient (Wildman–Crippen LogP) is 0.936. The van der Waals surface area contributed by atoms with Crippen LogP contribution in [0.4, 0.5) is 4.39 Å². The molecule has 0 aliphatic carbocycles. The molecule has 1 aromatic rings. The Morgan fingerprint density at radius 2 is 2.26 bits per heavy atom. The molecular weight excluding hydrogens is 339 g/mol. The van der Waals surface area contributed by atoms with Gasteiger partial charge in [-0.2, -0.15) is 4.31 Å². The summed E-state index contributed by atoms with van der Waals surface area (Å²) in [5, 5.41) is 0. The Bertz CT molecular complexity index is 567. The van der Waals surface area contributed by atoms with Gasteiger partial charge in [0, 0.05) is 19.6 Å². The number of hydrogen-bond acceptors (Lipinski definition) is 4. The van der Waals surface area contributed by atoms with Crippen molar-refractivity contribution in [3.8, 4) is 0 Å². The largest absolute Gasteiger partial charge is 0.374 e. The van der Waals surface area contributed by atoms with Crippen molar-refractivity contribution in [2.24, 2.45) is 5.73 Å². The van der Waals surface area contributed by atoms with Crippen molar-refractivity contribution in [3.63, 3.8) is 0 Å². The summed E-state index contributed by atoms with van der Waals surface area (Å²) in [6.45, 7) is 0.980. The van der Waals surface area contributed by atoms with Crippen LogP contribution in [-0.2, 0) is 14.8 Å². The van der Waals surface area contributed by atoms with Crippen LogP contribution in [0.1, 0.15) is 0 Å². The van der Waals surface area contributed by atoms with E-state index in [0.29, 0.717) is 6.61 Å². The average Bonchev–Trinajstić information content (AvgIpc) is 2.41. The Morgan fingerprint density at radius 3 is 2.89 bits per heavy atom. The number of nitrogens with zero attached hydrogens (tertiary/aromatic N) is 1. The molecule has 1 fully saturated rings. The first-order chi connectivity index (χ1) is 8.95. The summed E-state index contributed by atoms with van der Waals surface area (Å²) < 4.78 is 45.0. The van der Waals surface area contributed by atoms with Crippen molar-refractivity contribution in [3.05, 3.63) is 28.5 Å². The first-order valence-corrected chi connectivity index (χ1v) is 7.95. The minimum Gasteiger partial charge on any atom is -0.374 e. The SMILES string of the molecule is NCC1CN(S(=O)(=O)c2ccc(Br)c(F)c2)CCO1. The Morgan fingerprint density at radius 1 is 1.53 bits per heavy atom. The molecule has 106 valence electrons. The lowest BCUT2D eigenvalue weighted by atomic mass is 10.3. The summed E-state index contributed by atoms with van der Waals surface area (Å²) in [6, 6.07) is 3.75. The molecule has 0 amide bonds. The first kappa shape index (κ1) is 14.9. The van der Waals surface area contributed by atoms with Gasteiger partial charge in [0.05, 0.1) is 22.1 Å². The Hall–Kier alpha value is -0.540. The fraction of sp³-hybridized carbons (Fsp3) is 0.455. The highest BCUT2D eigenvalue weighted by atomic mass is 79.9. The molecule has 19 heavy (non-hydrogen) atoms. The van der Waals surface area contributed by atoms with Crippen LogP contribution in [0.15, 0.2) is 27.6 Å². The van der Waals surface area contributed by atoms with Crippen LogP contribution < -0.4 is 5.73 Å². The Balaban J connectivity index is 2.28. The zero-order valence-corrected chi connectivity index (χ0v) is 12.5. The highest BCUT2D eigenvalue weighted by molar-refractivity contribution is 9.10. The lowest BCUT2D eigenvalue weighted by molar-refractivity contribution is 0.00450. The lowest BCUT2D eigenvalue weighted by Gasteiger charge is -2.31. The molecule has 1 saturated heterocycles. The van der Waals surface area contributed by atoms with E-state index < -0.39 is 15.8 Å². The molecule has 0 radical (unpaired) electrons. The van der Waals surface area contributed by atoms with E-state index in [4.69, 9.17) is 10.5 Å². The molecule has 1 heterocycles. The minimum atomic E-state index is -3.71. The van der Waals surface area contributed by atoms with Crippen molar-refractivity contribution in [2.75, 3.05) is 26.2 Å². The summed E-state index contributed by atoms with van der Waals surface area (Å²) >= 11 is 2.99. The molecule has 1 aliphatic heterocycles. The van der Waals surface area contributed by atoms with E-state index in [2.05, 4.69) is 15.9 Å². The van der Waals surface area contributed by atoms with Crippen molar-refractivity contribution in [1.82, 2.24) is 4.31 Å². The third-order valence-corrected chi connectivity index (χ3v) is 5.40. The van der Waals surface area contributed by atoms with E-state index in [0.717, 1.165) is 6.07 Å². The number of benzene rings is 1. The van der Waals surface area contributed by atoms with Crippen molar-refractivity contribution >= 4 is 26.0 Å². The van der Waals surface area contributed by atoms with Gasteiger partial charge in [0.25, 0.3) is 0 Å². The van der Waals surface area contributed by atoms with Crippen molar-refractivity contribution < 1.29 is 17.5 Å². The third kappa shape index (κ3) is 3.14. The van der Waals surface area contributed by atoms with Crippen LogP contribution in [0.5, 0.6) is 0 Å². The summed E-state index contributed by atoms with van der Waals surface area (Å²) in [4.78, 5) is -0.0640. The van der Waals surface area contributed by atoms with Gasteiger partial charge in [-0.05, 0) is 34.1 Å². The second kappa shape index (κ2) is 5.84. The molecule has 1 aromatic carbocycles. The monoisotopic (exact) mass is 352 g/mol. The molecule has 2 N–H and O–H groups in total. The number of morpholine rings is 1. The molecule has 1 aliphatic rings. The van der Waals surface area contributed by atoms with Gasteiger partial charge in [-0.15, -0.1) is 0 Å². The Kier molecular flexibility index (Phi) is 4.57. The quantitative estimate of drug-likeness (QED) is 0.878. The van der Waals surface area contributed by atoms with Crippen LogP contribution in [0, 0.1) is 5.82 Å². The van der Waals surface area contributed by atoms with Crippen LogP contribution in [0.25, 0.3) is 0 Å². The van der Waals surface area contributed by atoms with Gasteiger partial charge in [-0.3, -0.25) is 0 Å². The molecule has 0 aromatic heterocycles. The highest BCUT2D eigenvalue weighted by Gasteiger charge is 2.30. The van der Waals surface area contributed by atoms with Gasteiger partial charge >= 0.3 is 0 Å². The fourth-order valence-electron chi connectivity index (χ4n) is 1.84. The van der Waals surface area contributed by atoms with Crippen molar-refractivity contribution in [2.45, 2.75) is 11.0 Å². The molecule has 1 atom stereocenters. The van der Waals surface area contributed by atoms with Crippen LogP contribution in [0.2, 0.25) is 0 Å². The zero-order chi connectivity index (χ0) is 14.0. The molecule has 0 saturated carbocycles. The summed E-state index contributed by atoms with van der Waals surface area (Å²) in [6.07, 6.45) is -0.316. The van der Waals surface area contributed by atoms with Crippen LogP contribution >= 0.6 is 15.9 Å². The Labute approximate surface area is 119 Å². The maximum atomic E-state index is 13.4. The van der Waals surface area contributed by atoms with E-state index in [1.165, 1.54) is 16.4 Å². The van der Waals surface area contributed by atoms with Gasteiger partial charge in [-0.25, -0.2) is 12.8 Å². The normalized spacial score (nSPS) is 21.5. The standard InChI is InChI=1S/C11H14BrFN2O3S/c12-10-2-1-9(5-11(10)13)19(16,17)15-3-4-18-8(6-14)7-15/h1-2,5,8H,3-4,6-7,14H2. The second-order valence-corrected chi connectivity index (χ2v) is 6.96. The van der Waals surface area contributed by atoms with Gasteiger partial charge in [0.15, 0.2) is 0 Å². The number of halogens is 2. The number of hydrogen-bond donors (Lipinski definition) is 1. The predicted molar refractivity (Wildman–Crippen MR) is 71.7 cm³/mol. The maximum Gasteiger partial charge on any atom is 0.243 e. The zero-order valence-electron chi connectivity index (χ0n) is 10.1.